The van der Waals surface area contributed by atoms with Crippen LogP contribution in [0.5, 0.6) is 0 Å². The topological polar surface area (TPSA) is 86.7 Å². The summed E-state index contributed by atoms with van der Waals surface area (Å²) in [7, 11) is -4.57. The quantitative estimate of drug-likeness (QED) is 0.422. The molecule has 37 heavy (non-hydrogen) atoms. The van der Waals surface area contributed by atoms with E-state index < -0.39 is 62.6 Å². The van der Waals surface area contributed by atoms with Crippen LogP contribution in [-0.4, -0.2) is 44.4 Å². The van der Waals surface area contributed by atoms with Gasteiger partial charge in [0, 0.05) is 12.0 Å². The molecule has 1 amide bonds. The summed E-state index contributed by atoms with van der Waals surface area (Å²) in [4.78, 5) is 11.9. The van der Waals surface area contributed by atoms with Gasteiger partial charge in [0.05, 0.1) is 23.2 Å². The normalized spacial score (nSPS) is 16.6. The van der Waals surface area contributed by atoms with Gasteiger partial charge in [-0.25, -0.2) is 12.8 Å². The molecule has 0 radical (unpaired) electrons. The highest BCUT2D eigenvalue weighted by atomic mass is 32.2. The van der Waals surface area contributed by atoms with E-state index in [1.54, 1.807) is 0 Å². The lowest BCUT2D eigenvalue weighted by Gasteiger charge is -2.39. The largest absolute Gasteiger partial charge is 0.430 e. The van der Waals surface area contributed by atoms with Gasteiger partial charge in [0.2, 0.25) is 5.91 Å². The summed E-state index contributed by atoms with van der Waals surface area (Å²) >= 11 is 0. The SMILES string of the molecule is C#CCNC(=O)CC1CCc2cc(C(O)(C(F)(F)F)C(F)(F)F)ccc2N1S(=O)(=O)c1ccc(F)cc1. The number of rotatable bonds is 6. The van der Waals surface area contributed by atoms with Crippen LogP contribution in [0.25, 0.3) is 0 Å². The number of benzene rings is 2. The molecule has 0 spiro atoms. The van der Waals surface area contributed by atoms with Gasteiger partial charge < -0.3 is 10.4 Å². The second kappa shape index (κ2) is 9.86. The minimum Gasteiger partial charge on any atom is -0.369 e. The van der Waals surface area contributed by atoms with Crippen LogP contribution in [0.15, 0.2) is 47.4 Å². The Morgan fingerprint density at radius 1 is 1.08 bits per heavy atom. The summed E-state index contributed by atoms with van der Waals surface area (Å²) in [6, 6.07) is 3.93. The highest BCUT2D eigenvalue weighted by Gasteiger charge is 2.71. The maximum atomic E-state index is 13.5. The lowest BCUT2D eigenvalue weighted by atomic mass is 9.87. The van der Waals surface area contributed by atoms with E-state index in [9.17, 15) is 49.1 Å². The Hall–Kier alpha value is -3.31. The van der Waals surface area contributed by atoms with Crippen LogP contribution in [0.1, 0.15) is 24.0 Å². The molecule has 0 fully saturated rings. The van der Waals surface area contributed by atoms with Crippen molar-refractivity contribution in [3.05, 3.63) is 59.4 Å². The maximum absolute atomic E-state index is 13.5. The van der Waals surface area contributed by atoms with Crippen LogP contribution in [0.4, 0.5) is 36.4 Å². The van der Waals surface area contributed by atoms with Crippen molar-refractivity contribution in [3.8, 4) is 12.3 Å². The van der Waals surface area contributed by atoms with Crippen molar-refractivity contribution in [1.29, 1.82) is 0 Å². The van der Waals surface area contributed by atoms with Gasteiger partial charge in [0.15, 0.2) is 0 Å². The Kier molecular flexibility index (Phi) is 7.54. The third-order valence-electron chi connectivity index (χ3n) is 5.81. The number of nitrogens with one attached hydrogen (secondary N) is 1. The lowest BCUT2D eigenvalue weighted by molar-refractivity contribution is -0.376. The first-order valence-corrected chi connectivity index (χ1v) is 12.0. The summed E-state index contributed by atoms with van der Waals surface area (Å²) < 4.78 is 121. The number of terminal acetylenes is 1. The summed E-state index contributed by atoms with van der Waals surface area (Å²) in [5.41, 5.74) is -7.28. The lowest BCUT2D eigenvalue weighted by Crippen LogP contribution is -2.54. The minimum absolute atomic E-state index is 0.163. The zero-order valence-electron chi connectivity index (χ0n) is 18.7. The Bertz CT molecular complexity index is 1300. The molecule has 0 saturated heterocycles. The molecule has 1 aliphatic rings. The van der Waals surface area contributed by atoms with Gasteiger partial charge in [-0.05, 0) is 48.7 Å². The molecule has 1 heterocycles. The van der Waals surface area contributed by atoms with E-state index in [1.165, 1.54) is 0 Å². The molecule has 0 saturated carbocycles. The van der Waals surface area contributed by atoms with Crippen molar-refractivity contribution in [1.82, 2.24) is 5.32 Å². The van der Waals surface area contributed by atoms with Crippen LogP contribution in [0.3, 0.4) is 0 Å². The molecule has 6 nitrogen and oxygen atoms in total. The summed E-state index contributed by atoms with van der Waals surface area (Å²) in [6.45, 7) is -0.163. The van der Waals surface area contributed by atoms with Crippen molar-refractivity contribution < 1.29 is 49.1 Å². The maximum Gasteiger partial charge on any atom is 0.430 e. The fraction of sp³-hybridized carbons (Fsp3) is 0.348. The first-order valence-electron chi connectivity index (χ1n) is 10.5. The number of hydrogen-bond donors (Lipinski definition) is 2. The fourth-order valence-corrected chi connectivity index (χ4v) is 5.73. The molecule has 2 N–H and O–H groups in total. The molecule has 0 aromatic heterocycles. The second-order valence-corrected chi connectivity index (χ2v) is 10.00. The molecule has 2 aromatic carbocycles. The average Bonchev–Trinajstić information content (AvgIpc) is 2.80. The van der Waals surface area contributed by atoms with Gasteiger partial charge in [-0.2, -0.15) is 26.3 Å². The molecule has 2 aromatic rings. The van der Waals surface area contributed by atoms with E-state index in [0.717, 1.165) is 24.3 Å². The first kappa shape index (κ1) is 28.3. The van der Waals surface area contributed by atoms with Crippen molar-refractivity contribution >= 4 is 21.6 Å². The van der Waals surface area contributed by atoms with Crippen LogP contribution >= 0.6 is 0 Å². The molecule has 1 aliphatic heterocycles. The first-order chi connectivity index (χ1) is 17.0. The van der Waals surface area contributed by atoms with Gasteiger partial charge >= 0.3 is 12.4 Å². The molecule has 14 heteroatoms. The van der Waals surface area contributed by atoms with Crippen molar-refractivity contribution in [2.45, 2.75) is 48.2 Å². The standard InChI is InChI=1S/C23H19F7N2O4S/c1-2-11-31-20(33)13-17-7-3-14-12-15(21(34,22(25,26)27)23(28,29)30)4-10-19(14)32(17)37(35,36)18-8-5-16(24)6-9-18/h1,4-6,8-10,12,17,34H,3,7,11,13H2,(H,31,33). The Morgan fingerprint density at radius 2 is 1.68 bits per heavy atom. The van der Waals surface area contributed by atoms with Crippen molar-refractivity contribution in [2.24, 2.45) is 0 Å². The van der Waals surface area contributed by atoms with Crippen LogP contribution in [-0.2, 0) is 26.8 Å². The van der Waals surface area contributed by atoms with E-state index >= 15 is 0 Å². The highest BCUT2D eigenvalue weighted by molar-refractivity contribution is 7.92. The Labute approximate surface area is 207 Å². The van der Waals surface area contributed by atoms with E-state index in [1.807, 2.05) is 0 Å². The van der Waals surface area contributed by atoms with Gasteiger partial charge in [0.25, 0.3) is 15.6 Å². The van der Waals surface area contributed by atoms with Crippen LogP contribution in [0, 0.1) is 18.2 Å². The average molecular weight is 552 g/mol. The molecule has 0 aliphatic carbocycles. The number of sulfonamides is 1. The van der Waals surface area contributed by atoms with E-state index in [2.05, 4.69) is 11.2 Å². The molecular weight excluding hydrogens is 533 g/mol. The summed E-state index contributed by atoms with van der Waals surface area (Å²) in [5.74, 6) is 0.757. The fourth-order valence-electron chi connectivity index (χ4n) is 4.02. The number of nitrogens with zero attached hydrogens (tertiary/aromatic N) is 1. The molecule has 1 unspecified atom stereocenters. The van der Waals surface area contributed by atoms with Gasteiger partial charge in [-0.1, -0.05) is 18.1 Å². The summed E-state index contributed by atoms with van der Waals surface area (Å²) in [5, 5.41) is 12.1. The van der Waals surface area contributed by atoms with E-state index in [0.29, 0.717) is 22.5 Å². The molecule has 3 rings (SSSR count). The minimum atomic E-state index is -6.13. The van der Waals surface area contributed by atoms with Gasteiger partial charge in [-0.15, -0.1) is 6.42 Å². The number of amides is 1. The number of carbonyl (C=O) groups is 1. The number of halogens is 7. The summed E-state index contributed by atoms with van der Waals surface area (Å²) in [6.07, 6.45) is -7.99. The van der Waals surface area contributed by atoms with Gasteiger partial charge in [-0.3, -0.25) is 9.10 Å². The molecular formula is C23H19F7N2O4S. The molecule has 200 valence electrons. The second-order valence-electron chi connectivity index (χ2n) is 8.18. The predicted molar refractivity (Wildman–Crippen MR) is 117 cm³/mol. The van der Waals surface area contributed by atoms with E-state index in [-0.39, 0.29) is 30.6 Å². The number of hydrogen-bond acceptors (Lipinski definition) is 4. The zero-order valence-corrected chi connectivity index (χ0v) is 19.5. The third kappa shape index (κ3) is 5.24. The smallest absolute Gasteiger partial charge is 0.369 e. The number of carbonyl (C=O) groups excluding carboxylic acids is 1. The monoisotopic (exact) mass is 552 g/mol. The third-order valence-corrected chi connectivity index (χ3v) is 7.69. The number of alkyl halides is 6. The Balaban J connectivity index is 2.16. The number of aryl methyl sites for hydroxylation is 1. The van der Waals surface area contributed by atoms with Gasteiger partial charge in [0.1, 0.15) is 5.82 Å². The van der Waals surface area contributed by atoms with Crippen LogP contribution in [0.2, 0.25) is 0 Å². The number of anilines is 1. The zero-order chi connectivity index (χ0) is 27.8. The van der Waals surface area contributed by atoms with Crippen LogP contribution < -0.4 is 9.62 Å². The highest BCUT2D eigenvalue weighted by Crippen LogP contribution is 2.51. The number of fused-ring (bicyclic) bond motifs is 1. The Morgan fingerprint density at radius 3 is 2.22 bits per heavy atom. The molecule has 1 atom stereocenters. The van der Waals surface area contributed by atoms with E-state index in [4.69, 9.17) is 6.42 Å². The van der Waals surface area contributed by atoms with Crippen molar-refractivity contribution in [3.63, 3.8) is 0 Å². The number of aliphatic hydroxyl groups is 1. The molecule has 0 bridgehead atoms. The van der Waals surface area contributed by atoms with Crippen molar-refractivity contribution in [2.75, 3.05) is 10.8 Å². The predicted octanol–water partition coefficient (Wildman–Crippen LogP) is 3.79.